The van der Waals surface area contributed by atoms with Crippen LogP contribution in [0.5, 0.6) is 0 Å². The van der Waals surface area contributed by atoms with Crippen LogP contribution in [0.2, 0.25) is 0 Å². The van der Waals surface area contributed by atoms with E-state index in [1.807, 2.05) is 6.07 Å². The van der Waals surface area contributed by atoms with Crippen LogP contribution in [0.1, 0.15) is 18.4 Å². The van der Waals surface area contributed by atoms with Crippen molar-refractivity contribution in [3.63, 3.8) is 0 Å². The Morgan fingerprint density at radius 1 is 0.958 bits per heavy atom. The van der Waals surface area contributed by atoms with E-state index < -0.39 is 23.9 Å². The number of benzene rings is 1. The van der Waals surface area contributed by atoms with Crippen LogP contribution in [0.3, 0.4) is 0 Å². The number of carbonyl (C=O) groups excluding carboxylic acids is 4. The van der Waals surface area contributed by atoms with Gasteiger partial charge in [0.15, 0.2) is 0 Å². The Kier molecular flexibility index (Phi) is 8.52. The average molecular weight is 334 g/mol. The molecule has 0 heterocycles. The lowest BCUT2D eigenvalue weighted by atomic mass is 10.2. The van der Waals surface area contributed by atoms with Crippen LogP contribution in [0.25, 0.3) is 0 Å². The summed E-state index contributed by atoms with van der Waals surface area (Å²) >= 11 is 0. The molecule has 0 fully saturated rings. The molecular weight excluding hydrogens is 316 g/mol. The molecular formula is C17H18O7. The fourth-order valence-corrected chi connectivity index (χ4v) is 1.62. The number of ether oxygens (including phenoxy) is 3. The maximum Gasteiger partial charge on any atom is 0.331 e. The van der Waals surface area contributed by atoms with Crippen molar-refractivity contribution in [3.8, 4) is 0 Å². The Balaban J connectivity index is 2.17. The molecule has 1 rings (SSSR count). The number of carbonyl (C=O) groups is 4. The summed E-state index contributed by atoms with van der Waals surface area (Å²) in [6.07, 6.45) is 2.01. The first kappa shape index (κ1) is 19.1. The zero-order chi connectivity index (χ0) is 17.8. The summed E-state index contributed by atoms with van der Waals surface area (Å²) in [7, 11) is 1.18. The highest BCUT2D eigenvalue weighted by atomic mass is 16.6. The highest BCUT2D eigenvalue weighted by Gasteiger charge is 2.11. The molecule has 7 heteroatoms. The van der Waals surface area contributed by atoms with Gasteiger partial charge in [-0.2, -0.15) is 0 Å². The second-order valence-electron chi connectivity index (χ2n) is 4.64. The van der Waals surface area contributed by atoms with Crippen LogP contribution < -0.4 is 0 Å². The van der Waals surface area contributed by atoms with Gasteiger partial charge in [-0.1, -0.05) is 30.3 Å². The summed E-state index contributed by atoms with van der Waals surface area (Å²) in [5.41, 5.74) is 0.752. The van der Waals surface area contributed by atoms with Crippen molar-refractivity contribution in [2.24, 2.45) is 0 Å². The van der Waals surface area contributed by atoms with E-state index in [4.69, 9.17) is 4.74 Å². The molecule has 0 aliphatic carbocycles. The molecule has 24 heavy (non-hydrogen) atoms. The van der Waals surface area contributed by atoms with Crippen molar-refractivity contribution in [2.75, 3.05) is 13.7 Å². The van der Waals surface area contributed by atoms with Gasteiger partial charge in [0.05, 0.1) is 20.1 Å². The number of hydrogen-bond acceptors (Lipinski definition) is 7. The Morgan fingerprint density at radius 2 is 1.62 bits per heavy atom. The summed E-state index contributed by atoms with van der Waals surface area (Å²) in [5.74, 6) is -2.72. The topological polar surface area (TPSA) is 96.0 Å². The summed E-state index contributed by atoms with van der Waals surface area (Å²) < 4.78 is 13.7. The van der Waals surface area contributed by atoms with Gasteiger partial charge >= 0.3 is 23.9 Å². The van der Waals surface area contributed by atoms with Gasteiger partial charge in [-0.25, -0.2) is 9.59 Å². The van der Waals surface area contributed by atoms with Crippen LogP contribution in [0.4, 0.5) is 0 Å². The molecule has 128 valence electrons. The first-order valence-corrected chi connectivity index (χ1v) is 7.21. The normalized spacial score (nSPS) is 10.2. The number of rotatable bonds is 8. The van der Waals surface area contributed by atoms with Gasteiger partial charge in [0, 0.05) is 18.6 Å². The summed E-state index contributed by atoms with van der Waals surface area (Å²) in [4.78, 5) is 45.0. The fourth-order valence-electron chi connectivity index (χ4n) is 1.62. The molecule has 0 bridgehead atoms. The van der Waals surface area contributed by atoms with Gasteiger partial charge in [0.25, 0.3) is 0 Å². The molecule has 0 unspecified atom stereocenters. The molecule has 0 saturated heterocycles. The molecule has 0 spiro atoms. The van der Waals surface area contributed by atoms with E-state index in [1.54, 1.807) is 24.3 Å². The van der Waals surface area contributed by atoms with Crippen molar-refractivity contribution >= 4 is 23.9 Å². The third kappa shape index (κ3) is 8.47. The molecule has 0 amide bonds. The highest BCUT2D eigenvalue weighted by molar-refractivity contribution is 5.91. The fraction of sp³-hybridized carbons (Fsp3) is 0.294. The first-order chi connectivity index (χ1) is 11.5. The van der Waals surface area contributed by atoms with Gasteiger partial charge in [0.1, 0.15) is 0 Å². The van der Waals surface area contributed by atoms with E-state index in [9.17, 15) is 19.2 Å². The van der Waals surface area contributed by atoms with Crippen molar-refractivity contribution in [3.05, 3.63) is 48.0 Å². The lowest BCUT2D eigenvalue weighted by Crippen LogP contribution is -2.15. The second-order valence-corrected chi connectivity index (χ2v) is 4.64. The highest BCUT2D eigenvalue weighted by Crippen LogP contribution is 2.02. The van der Waals surface area contributed by atoms with Crippen LogP contribution in [0, 0.1) is 0 Å². The Morgan fingerprint density at radius 3 is 2.29 bits per heavy atom. The lowest BCUT2D eigenvalue weighted by Gasteiger charge is -2.04. The van der Waals surface area contributed by atoms with E-state index in [1.165, 1.54) is 7.11 Å². The van der Waals surface area contributed by atoms with Gasteiger partial charge in [-0.15, -0.1) is 0 Å². The third-order valence-electron chi connectivity index (χ3n) is 2.75. The molecule has 0 radical (unpaired) electrons. The quantitative estimate of drug-likeness (QED) is 0.233. The zero-order valence-corrected chi connectivity index (χ0v) is 13.2. The maximum absolute atomic E-state index is 11.6. The Labute approximate surface area is 139 Å². The molecule has 0 N–H and O–H groups in total. The van der Waals surface area contributed by atoms with Gasteiger partial charge in [-0.3, -0.25) is 9.59 Å². The smallest absolute Gasteiger partial charge is 0.331 e. The van der Waals surface area contributed by atoms with Crippen molar-refractivity contribution in [1.82, 2.24) is 0 Å². The standard InChI is InChI=1S/C17H18O7/c1-22-14(18)9-10-15(19)23-11-5-8-16(20)24-17(21)12-13-6-3-2-4-7-13/h2-4,6-7,9-10H,5,8,11-12H2,1H3. The molecule has 0 aliphatic heterocycles. The number of methoxy groups -OCH3 is 1. The number of esters is 4. The Bertz CT molecular complexity index is 605. The lowest BCUT2D eigenvalue weighted by molar-refractivity contribution is -0.159. The largest absolute Gasteiger partial charge is 0.466 e. The molecule has 1 aromatic rings. The van der Waals surface area contributed by atoms with E-state index in [0.29, 0.717) is 0 Å². The molecule has 1 aromatic carbocycles. The summed E-state index contributed by atoms with van der Waals surface area (Å²) in [6.45, 7) is -0.0354. The predicted octanol–water partition coefficient (Wildman–Crippen LogP) is 1.35. The minimum atomic E-state index is -0.728. The van der Waals surface area contributed by atoms with E-state index in [2.05, 4.69) is 9.47 Å². The van der Waals surface area contributed by atoms with Crippen LogP contribution in [-0.2, 0) is 39.8 Å². The van der Waals surface area contributed by atoms with Gasteiger partial charge in [-0.05, 0) is 12.0 Å². The molecule has 0 atom stereocenters. The van der Waals surface area contributed by atoms with Crippen LogP contribution in [0.15, 0.2) is 42.5 Å². The van der Waals surface area contributed by atoms with E-state index >= 15 is 0 Å². The molecule has 0 aliphatic rings. The van der Waals surface area contributed by atoms with Crippen molar-refractivity contribution in [2.45, 2.75) is 19.3 Å². The van der Waals surface area contributed by atoms with E-state index in [-0.39, 0.29) is 25.9 Å². The zero-order valence-electron chi connectivity index (χ0n) is 13.2. The van der Waals surface area contributed by atoms with Gasteiger partial charge in [0.2, 0.25) is 0 Å². The molecule has 0 saturated carbocycles. The van der Waals surface area contributed by atoms with Crippen molar-refractivity contribution < 1.29 is 33.4 Å². The predicted molar refractivity (Wildman–Crippen MR) is 82.6 cm³/mol. The van der Waals surface area contributed by atoms with Crippen LogP contribution in [-0.4, -0.2) is 37.6 Å². The molecule has 0 aromatic heterocycles. The minimum absolute atomic E-state index is 0.0138. The van der Waals surface area contributed by atoms with Gasteiger partial charge < -0.3 is 14.2 Å². The summed E-state index contributed by atoms with van der Waals surface area (Å²) in [6, 6.07) is 8.91. The number of hydrogen-bond donors (Lipinski definition) is 0. The van der Waals surface area contributed by atoms with Crippen LogP contribution >= 0.6 is 0 Å². The van der Waals surface area contributed by atoms with E-state index in [0.717, 1.165) is 17.7 Å². The molecule has 7 nitrogen and oxygen atoms in total. The maximum atomic E-state index is 11.6. The van der Waals surface area contributed by atoms with Crippen molar-refractivity contribution in [1.29, 1.82) is 0 Å². The Hall–Kier alpha value is -2.96. The summed E-state index contributed by atoms with van der Waals surface area (Å²) in [5, 5.41) is 0. The monoisotopic (exact) mass is 334 g/mol. The minimum Gasteiger partial charge on any atom is -0.466 e. The average Bonchev–Trinajstić information content (AvgIpc) is 2.57. The third-order valence-corrected chi connectivity index (χ3v) is 2.75. The second kappa shape index (κ2) is 10.7. The SMILES string of the molecule is COC(=O)C=CC(=O)OCCCC(=O)OC(=O)Cc1ccccc1. The first-order valence-electron chi connectivity index (χ1n) is 7.21.